The third-order valence-electron chi connectivity index (χ3n) is 4.38. The highest BCUT2D eigenvalue weighted by molar-refractivity contribution is 6.04. The minimum atomic E-state index is -1.03. The Kier molecular flexibility index (Phi) is 5.16. The van der Waals surface area contributed by atoms with Gasteiger partial charge in [0.25, 0.3) is 0 Å². The van der Waals surface area contributed by atoms with Crippen LogP contribution in [-0.4, -0.2) is 34.8 Å². The second kappa shape index (κ2) is 6.90. The van der Waals surface area contributed by atoms with Crippen LogP contribution in [0.2, 0.25) is 0 Å². The molecule has 5 heteroatoms. The lowest BCUT2D eigenvalue weighted by Crippen LogP contribution is -2.51. The molecular formula is C17H25N3O2. The predicted octanol–water partition coefficient (Wildman–Crippen LogP) is 1.98. The van der Waals surface area contributed by atoms with Crippen molar-refractivity contribution < 1.29 is 9.59 Å². The molecule has 22 heavy (non-hydrogen) atoms. The van der Waals surface area contributed by atoms with E-state index in [1.807, 2.05) is 17.0 Å². The molecule has 2 rings (SSSR count). The van der Waals surface area contributed by atoms with E-state index in [0.29, 0.717) is 12.5 Å². The molecule has 1 N–H and O–H groups in total. The lowest BCUT2D eigenvalue weighted by atomic mass is 9.88. The van der Waals surface area contributed by atoms with Gasteiger partial charge in [0.15, 0.2) is 0 Å². The number of hydrogen-bond acceptors (Lipinski definition) is 3. The molecule has 0 saturated carbocycles. The molecule has 1 saturated heterocycles. The first kappa shape index (κ1) is 16.5. The number of hydrogen-bond donors (Lipinski definition) is 1. The normalized spacial score (nSPS) is 16.4. The number of pyridine rings is 1. The quantitative estimate of drug-likeness (QED) is 0.865. The molecule has 0 atom stereocenters. The van der Waals surface area contributed by atoms with Crippen molar-refractivity contribution in [1.29, 1.82) is 0 Å². The zero-order valence-corrected chi connectivity index (χ0v) is 13.6. The van der Waals surface area contributed by atoms with Gasteiger partial charge >= 0.3 is 0 Å². The van der Waals surface area contributed by atoms with Gasteiger partial charge in [0.05, 0.1) is 0 Å². The fourth-order valence-electron chi connectivity index (χ4n) is 2.61. The first-order valence-corrected chi connectivity index (χ1v) is 7.88. The van der Waals surface area contributed by atoms with Crippen LogP contribution >= 0.6 is 0 Å². The third-order valence-corrected chi connectivity index (χ3v) is 4.38. The van der Waals surface area contributed by atoms with Gasteiger partial charge in [-0.15, -0.1) is 0 Å². The van der Waals surface area contributed by atoms with Crippen molar-refractivity contribution in [3.05, 3.63) is 30.1 Å². The second-order valence-corrected chi connectivity index (χ2v) is 6.64. The number of likely N-dealkylation sites (tertiary alicyclic amines) is 1. The van der Waals surface area contributed by atoms with Crippen molar-refractivity contribution in [2.75, 3.05) is 13.1 Å². The van der Waals surface area contributed by atoms with Crippen LogP contribution < -0.4 is 5.32 Å². The topological polar surface area (TPSA) is 62.3 Å². The summed E-state index contributed by atoms with van der Waals surface area (Å²) in [5.74, 6) is 0.354. The van der Waals surface area contributed by atoms with Crippen molar-refractivity contribution in [2.45, 2.75) is 40.2 Å². The van der Waals surface area contributed by atoms with Crippen LogP contribution in [0.4, 0.5) is 0 Å². The molecule has 120 valence electrons. The molecule has 1 fully saturated rings. The molecule has 0 bridgehead atoms. The molecule has 2 heterocycles. The molecule has 0 unspecified atom stereocenters. The molecule has 0 spiro atoms. The van der Waals surface area contributed by atoms with Crippen molar-refractivity contribution >= 4 is 11.8 Å². The Hall–Kier alpha value is -1.91. The van der Waals surface area contributed by atoms with Crippen LogP contribution in [0, 0.1) is 11.3 Å². The van der Waals surface area contributed by atoms with Crippen LogP contribution in [0.1, 0.15) is 39.2 Å². The minimum absolute atomic E-state index is 0.0772. The highest BCUT2D eigenvalue weighted by Gasteiger charge is 2.39. The maximum atomic E-state index is 12.6. The number of nitrogens with one attached hydrogen (secondary N) is 1. The van der Waals surface area contributed by atoms with E-state index in [2.05, 4.69) is 17.2 Å². The Morgan fingerprint density at radius 3 is 2.45 bits per heavy atom. The summed E-state index contributed by atoms with van der Waals surface area (Å²) in [5.41, 5.74) is -0.0634. The molecule has 1 aromatic heterocycles. The average molecular weight is 303 g/mol. The highest BCUT2D eigenvalue weighted by atomic mass is 16.2. The smallest absolute Gasteiger partial charge is 0.237 e. The predicted molar refractivity (Wildman–Crippen MR) is 84.8 cm³/mol. The number of rotatable bonds is 4. The zero-order valence-electron chi connectivity index (χ0n) is 13.6. The maximum absolute atomic E-state index is 12.6. The summed E-state index contributed by atoms with van der Waals surface area (Å²) >= 11 is 0. The van der Waals surface area contributed by atoms with Crippen LogP contribution in [-0.2, 0) is 16.1 Å². The summed E-state index contributed by atoms with van der Waals surface area (Å²) in [6, 6.07) is 3.70. The van der Waals surface area contributed by atoms with Gasteiger partial charge in [0.2, 0.25) is 11.8 Å². The number of carbonyl (C=O) groups excluding carboxylic acids is 2. The molecule has 0 radical (unpaired) electrons. The first-order valence-electron chi connectivity index (χ1n) is 7.88. The molecule has 1 aliphatic rings. The van der Waals surface area contributed by atoms with Gasteiger partial charge in [-0.25, -0.2) is 0 Å². The van der Waals surface area contributed by atoms with Crippen molar-refractivity contribution in [2.24, 2.45) is 11.3 Å². The van der Waals surface area contributed by atoms with E-state index >= 15 is 0 Å². The number of aromatic nitrogens is 1. The number of piperidine rings is 1. The van der Waals surface area contributed by atoms with Gasteiger partial charge in [-0.1, -0.05) is 6.92 Å². The lowest BCUT2D eigenvalue weighted by Gasteiger charge is -2.35. The van der Waals surface area contributed by atoms with E-state index in [9.17, 15) is 9.59 Å². The summed E-state index contributed by atoms with van der Waals surface area (Å²) in [4.78, 5) is 30.8. The Bertz CT molecular complexity index is 520. The summed E-state index contributed by atoms with van der Waals surface area (Å²) in [5, 5.41) is 2.85. The van der Waals surface area contributed by atoms with E-state index in [1.165, 1.54) is 0 Å². The summed E-state index contributed by atoms with van der Waals surface area (Å²) in [7, 11) is 0. The summed E-state index contributed by atoms with van der Waals surface area (Å²) in [6.45, 7) is 7.52. The van der Waals surface area contributed by atoms with Gasteiger partial charge in [0.1, 0.15) is 5.41 Å². The second-order valence-electron chi connectivity index (χ2n) is 6.64. The lowest BCUT2D eigenvalue weighted by molar-refractivity contribution is -0.149. The van der Waals surface area contributed by atoms with E-state index < -0.39 is 5.41 Å². The third kappa shape index (κ3) is 3.84. The average Bonchev–Trinajstić information content (AvgIpc) is 2.53. The van der Waals surface area contributed by atoms with E-state index in [4.69, 9.17) is 0 Å². The molecule has 2 amide bonds. The maximum Gasteiger partial charge on any atom is 0.237 e. The summed E-state index contributed by atoms with van der Waals surface area (Å²) in [6.07, 6.45) is 5.40. The van der Waals surface area contributed by atoms with Gasteiger partial charge in [0, 0.05) is 32.0 Å². The Morgan fingerprint density at radius 2 is 1.86 bits per heavy atom. The van der Waals surface area contributed by atoms with Crippen LogP contribution in [0.5, 0.6) is 0 Å². The molecule has 5 nitrogen and oxygen atoms in total. The molecule has 1 aliphatic heterocycles. The largest absolute Gasteiger partial charge is 0.351 e. The van der Waals surface area contributed by atoms with E-state index in [-0.39, 0.29) is 11.8 Å². The number of amides is 2. The summed E-state index contributed by atoms with van der Waals surface area (Å²) < 4.78 is 0. The highest BCUT2D eigenvalue weighted by Crippen LogP contribution is 2.24. The molecule has 0 aliphatic carbocycles. The number of nitrogens with zero attached hydrogens (tertiary/aromatic N) is 2. The Labute approximate surface area is 132 Å². The van der Waals surface area contributed by atoms with Crippen LogP contribution in [0.15, 0.2) is 24.5 Å². The molecule has 0 aromatic carbocycles. The van der Waals surface area contributed by atoms with Crippen LogP contribution in [0.3, 0.4) is 0 Å². The Morgan fingerprint density at radius 1 is 1.27 bits per heavy atom. The van der Waals surface area contributed by atoms with Crippen LogP contribution in [0.25, 0.3) is 0 Å². The monoisotopic (exact) mass is 303 g/mol. The fourth-order valence-corrected chi connectivity index (χ4v) is 2.61. The standard InChI is InChI=1S/C17H25N3O2/c1-13-6-10-20(11-7-13)16(22)17(2,3)15(21)19-12-14-4-8-18-9-5-14/h4-5,8-9,13H,6-7,10-12H2,1-3H3,(H,19,21). The zero-order chi connectivity index (χ0) is 16.2. The SMILES string of the molecule is CC1CCN(C(=O)C(C)(C)C(=O)NCc2ccncc2)CC1. The van der Waals surface area contributed by atoms with Gasteiger partial charge in [-0.2, -0.15) is 0 Å². The van der Waals surface area contributed by atoms with Gasteiger partial charge < -0.3 is 10.2 Å². The first-order chi connectivity index (χ1) is 10.4. The van der Waals surface area contributed by atoms with Gasteiger partial charge in [-0.3, -0.25) is 14.6 Å². The van der Waals surface area contributed by atoms with Crippen molar-refractivity contribution in [3.8, 4) is 0 Å². The van der Waals surface area contributed by atoms with E-state index in [1.54, 1.807) is 26.2 Å². The minimum Gasteiger partial charge on any atom is -0.351 e. The van der Waals surface area contributed by atoms with Crippen molar-refractivity contribution in [1.82, 2.24) is 15.2 Å². The van der Waals surface area contributed by atoms with Crippen molar-refractivity contribution in [3.63, 3.8) is 0 Å². The van der Waals surface area contributed by atoms with Gasteiger partial charge in [-0.05, 0) is 50.3 Å². The fraction of sp³-hybridized carbons (Fsp3) is 0.588. The van der Waals surface area contributed by atoms with E-state index in [0.717, 1.165) is 31.5 Å². The molecular weight excluding hydrogens is 278 g/mol. The Balaban J connectivity index is 1.93. The number of carbonyl (C=O) groups is 2. The molecule has 1 aromatic rings.